The van der Waals surface area contributed by atoms with Gasteiger partial charge in [-0.2, -0.15) is 18.4 Å². The summed E-state index contributed by atoms with van der Waals surface area (Å²) in [6, 6.07) is 13.2. The number of halogens is 3. The third kappa shape index (κ3) is 3.86. The number of hydrogen-bond acceptors (Lipinski definition) is 4. The third-order valence-electron chi connectivity index (χ3n) is 3.49. The first-order chi connectivity index (χ1) is 11.9. The Balaban J connectivity index is 2.00. The third-order valence-corrected chi connectivity index (χ3v) is 5.31. The highest BCUT2D eigenvalue weighted by Gasteiger charge is 2.30. The Morgan fingerprint density at radius 3 is 2.52 bits per heavy atom. The molecule has 0 aliphatic heterocycles. The highest BCUT2D eigenvalue weighted by Crippen LogP contribution is 2.34. The molecule has 0 bridgehead atoms. The van der Waals surface area contributed by atoms with Crippen LogP contribution in [-0.2, 0) is 6.18 Å². The van der Waals surface area contributed by atoms with Gasteiger partial charge in [-0.3, -0.25) is 0 Å². The van der Waals surface area contributed by atoms with Crippen molar-refractivity contribution >= 4 is 45.0 Å². The van der Waals surface area contributed by atoms with Gasteiger partial charge in [0.25, 0.3) is 0 Å². The molecule has 7 heteroatoms. The fourth-order valence-electron chi connectivity index (χ4n) is 2.23. The number of allylic oxidation sites excluding steroid dienone is 1. The van der Waals surface area contributed by atoms with Gasteiger partial charge in [0.05, 0.1) is 21.4 Å². The van der Waals surface area contributed by atoms with Crippen LogP contribution in [0.2, 0.25) is 0 Å². The Morgan fingerprint density at radius 2 is 1.92 bits per heavy atom. The molecule has 2 aromatic carbocycles. The van der Waals surface area contributed by atoms with Crippen LogP contribution in [0.3, 0.4) is 0 Å². The summed E-state index contributed by atoms with van der Waals surface area (Å²) in [6.45, 7) is 0. The molecule has 126 valence electrons. The van der Waals surface area contributed by atoms with Crippen LogP contribution in [0.5, 0.6) is 0 Å². The van der Waals surface area contributed by atoms with E-state index >= 15 is 0 Å². The number of nitriles is 1. The quantitative estimate of drug-likeness (QED) is 0.409. The van der Waals surface area contributed by atoms with Crippen molar-refractivity contribution in [3.8, 4) is 6.07 Å². The molecule has 2 nitrogen and oxygen atoms in total. The first-order valence-electron chi connectivity index (χ1n) is 7.15. The number of hydrogen-bond donors (Lipinski definition) is 0. The van der Waals surface area contributed by atoms with Crippen LogP contribution in [0, 0.1) is 11.3 Å². The van der Waals surface area contributed by atoms with E-state index in [0.29, 0.717) is 15.3 Å². The molecule has 0 saturated heterocycles. The molecule has 0 amide bonds. The van der Waals surface area contributed by atoms with Crippen molar-refractivity contribution in [1.29, 1.82) is 5.26 Å². The Morgan fingerprint density at radius 1 is 1.20 bits per heavy atom. The zero-order chi connectivity index (χ0) is 18.0. The Hall–Kier alpha value is -2.30. The fraction of sp³-hybridized carbons (Fsp3) is 0.111. The maximum atomic E-state index is 12.8. The van der Waals surface area contributed by atoms with E-state index in [1.165, 1.54) is 17.4 Å². The number of alkyl halides is 3. The monoisotopic (exact) mass is 376 g/mol. The molecule has 25 heavy (non-hydrogen) atoms. The first-order valence-corrected chi connectivity index (χ1v) is 9.19. The SMILES string of the molecule is CSc1ccc(/C=C(\C#N)c2nc3cc(C(F)(F)F)ccc3s2)cc1. The smallest absolute Gasteiger partial charge is 0.235 e. The maximum Gasteiger partial charge on any atom is 0.416 e. The van der Waals surface area contributed by atoms with Crippen molar-refractivity contribution in [1.82, 2.24) is 4.98 Å². The molecule has 3 aromatic rings. The van der Waals surface area contributed by atoms with Gasteiger partial charge in [0.1, 0.15) is 11.1 Å². The van der Waals surface area contributed by atoms with E-state index in [0.717, 1.165) is 22.6 Å². The summed E-state index contributed by atoms with van der Waals surface area (Å²) in [5, 5.41) is 9.82. The minimum Gasteiger partial charge on any atom is -0.235 e. The summed E-state index contributed by atoms with van der Waals surface area (Å²) < 4.78 is 39.0. The number of nitrogens with zero attached hydrogens (tertiary/aromatic N) is 2. The van der Waals surface area contributed by atoms with Gasteiger partial charge in [-0.1, -0.05) is 12.1 Å². The number of aromatic nitrogens is 1. The molecule has 0 atom stereocenters. The highest BCUT2D eigenvalue weighted by molar-refractivity contribution is 7.98. The van der Waals surface area contributed by atoms with Gasteiger partial charge in [0.2, 0.25) is 0 Å². The summed E-state index contributed by atoms with van der Waals surface area (Å²) in [5.74, 6) is 0. The largest absolute Gasteiger partial charge is 0.416 e. The van der Waals surface area contributed by atoms with Gasteiger partial charge in [-0.15, -0.1) is 23.1 Å². The Kier molecular flexibility index (Phi) is 4.84. The molecule has 0 spiro atoms. The van der Waals surface area contributed by atoms with Crippen molar-refractivity contribution in [2.45, 2.75) is 11.1 Å². The normalized spacial score (nSPS) is 12.4. The Bertz CT molecular complexity index is 980. The average molecular weight is 376 g/mol. The maximum absolute atomic E-state index is 12.8. The van der Waals surface area contributed by atoms with Gasteiger partial charge >= 0.3 is 6.18 Å². The highest BCUT2D eigenvalue weighted by atomic mass is 32.2. The van der Waals surface area contributed by atoms with Gasteiger partial charge in [-0.25, -0.2) is 4.98 Å². The summed E-state index contributed by atoms with van der Waals surface area (Å²) in [5.41, 5.74) is 0.664. The molecule has 0 saturated carbocycles. The van der Waals surface area contributed by atoms with Gasteiger partial charge < -0.3 is 0 Å². The number of rotatable bonds is 3. The molecule has 0 aliphatic carbocycles. The standard InChI is InChI=1S/C18H11F3N2S2/c1-24-14-5-2-11(3-6-14)8-12(10-22)17-23-15-9-13(18(19,20)21)4-7-16(15)25-17/h2-9H,1H3/b12-8+. The topological polar surface area (TPSA) is 36.7 Å². The van der Waals surface area contributed by atoms with E-state index in [4.69, 9.17) is 0 Å². The zero-order valence-corrected chi connectivity index (χ0v) is 14.6. The van der Waals surface area contributed by atoms with Crippen molar-refractivity contribution in [3.05, 3.63) is 58.6 Å². The predicted molar refractivity (Wildman–Crippen MR) is 96.3 cm³/mol. The molecule has 0 aliphatic rings. The molecular formula is C18H11F3N2S2. The second-order valence-electron chi connectivity index (χ2n) is 5.14. The predicted octanol–water partition coefficient (Wildman–Crippen LogP) is 6.10. The van der Waals surface area contributed by atoms with Crippen LogP contribution in [0.4, 0.5) is 13.2 Å². The van der Waals surface area contributed by atoms with Crippen LogP contribution < -0.4 is 0 Å². The lowest BCUT2D eigenvalue weighted by atomic mass is 10.1. The lowest BCUT2D eigenvalue weighted by molar-refractivity contribution is -0.137. The zero-order valence-electron chi connectivity index (χ0n) is 13.0. The van der Waals surface area contributed by atoms with Crippen LogP contribution in [0.1, 0.15) is 16.1 Å². The first kappa shape index (κ1) is 17.5. The molecular weight excluding hydrogens is 365 g/mol. The van der Waals surface area contributed by atoms with Gasteiger partial charge in [0, 0.05) is 4.90 Å². The van der Waals surface area contributed by atoms with E-state index < -0.39 is 11.7 Å². The Labute approximate surface area is 150 Å². The van der Waals surface area contributed by atoms with Crippen molar-refractivity contribution in [2.24, 2.45) is 0 Å². The van der Waals surface area contributed by atoms with Crippen LogP contribution in [0.15, 0.2) is 47.4 Å². The average Bonchev–Trinajstić information content (AvgIpc) is 3.02. The minimum absolute atomic E-state index is 0.244. The molecule has 0 fully saturated rings. The molecule has 1 aromatic heterocycles. The number of thiazole rings is 1. The second-order valence-corrected chi connectivity index (χ2v) is 7.05. The molecule has 0 unspecified atom stereocenters. The summed E-state index contributed by atoms with van der Waals surface area (Å²) >= 11 is 2.82. The fourth-order valence-corrected chi connectivity index (χ4v) is 3.55. The van der Waals surface area contributed by atoms with Gasteiger partial charge in [-0.05, 0) is 48.2 Å². The van der Waals surface area contributed by atoms with E-state index in [2.05, 4.69) is 11.1 Å². The number of benzene rings is 2. The summed E-state index contributed by atoms with van der Waals surface area (Å²) in [4.78, 5) is 5.32. The van der Waals surface area contributed by atoms with Gasteiger partial charge in [0.15, 0.2) is 0 Å². The van der Waals surface area contributed by atoms with Crippen molar-refractivity contribution in [3.63, 3.8) is 0 Å². The number of fused-ring (bicyclic) bond motifs is 1. The van der Waals surface area contributed by atoms with Crippen molar-refractivity contribution in [2.75, 3.05) is 6.26 Å². The van der Waals surface area contributed by atoms with Crippen LogP contribution in [-0.4, -0.2) is 11.2 Å². The molecule has 1 heterocycles. The van der Waals surface area contributed by atoms with E-state index in [1.807, 2.05) is 30.5 Å². The summed E-state index contributed by atoms with van der Waals surface area (Å²) in [7, 11) is 0. The second kappa shape index (κ2) is 6.90. The minimum atomic E-state index is -4.41. The lowest BCUT2D eigenvalue weighted by Gasteiger charge is -2.04. The van der Waals surface area contributed by atoms with Crippen LogP contribution >= 0.6 is 23.1 Å². The summed E-state index contributed by atoms with van der Waals surface area (Å²) in [6.07, 6.45) is -0.751. The van der Waals surface area contributed by atoms with E-state index in [1.54, 1.807) is 17.8 Å². The number of thioether (sulfide) groups is 1. The van der Waals surface area contributed by atoms with E-state index in [-0.39, 0.29) is 5.52 Å². The molecule has 3 rings (SSSR count). The van der Waals surface area contributed by atoms with Crippen LogP contribution in [0.25, 0.3) is 21.9 Å². The lowest BCUT2D eigenvalue weighted by Crippen LogP contribution is -2.03. The van der Waals surface area contributed by atoms with Crippen molar-refractivity contribution < 1.29 is 13.2 Å². The van der Waals surface area contributed by atoms with E-state index in [9.17, 15) is 18.4 Å². The molecule has 0 N–H and O–H groups in total. The molecule has 0 radical (unpaired) electrons.